The molecule has 0 amide bonds. The van der Waals surface area contributed by atoms with E-state index in [0.717, 1.165) is 11.8 Å². The van der Waals surface area contributed by atoms with Crippen LogP contribution in [-0.4, -0.2) is 38.5 Å². The van der Waals surface area contributed by atoms with E-state index in [0.29, 0.717) is 0 Å². The zero-order chi connectivity index (χ0) is 9.35. The van der Waals surface area contributed by atoms with Crippen molar-refractivity contribution in [1.82, 2.24) is 0 Å². The monoisotopic (exact) mass is 189 g/mol. The Morgan fingerprint density at radius 2 is 2.17 bits per heavy atom. The third-order valence-corrected chi connectivity index (χ3v) is 2.73. The summed E-state index contributed by atoms with van der Waals surface area (Å²) in [5, 5.41) is 17.0. The zero-order valence-corrected chi connectivity index (χ0v) is 7.09. The molecular weight excluding hydrogens is 182 g/mol. The van der Waals surface area contributed by atoms with Crippen molar-refractivity contribution in [3.05, 3.63) is 0 Å². The number of carboxylic acid groups (broad SMARTS) is 2. The first-order valence-electron chi connectivity index (χ1n) is 3.15. The Morgan fingerprint density at radius 3 is 2.42 bits per heavy atom. The quantitative estimate of drug-likeness (QED) is 0.641. The number of carboxylic acids is 2. The Bertz CT molecular complexity index is 275. The van der Waals surface area contributed by atoms with Gasteiger partial charge < -0.3 is 10.2 Å². The molecule has 1 rings (SSSR count). The molecule has 0 bridgehead atoms. The molecule has 66 valence electrons. The van der Waals surface area contributed by atoms with Gasteiger partial charge in [-0.25, -0.2) is 9.59 Å². The minimum Gasteiger partial charge on any atom is -0.479 e. The lowest BCUT2D eigenvalue weighted by Crippen LogP contribution is -2.33. The van der Waals surface area contributed by atoms with Crippen LogP contribution >= 0.6 is 11.8 Å². The first kappa shape index (κ1) is 9.05. The normalized spacial score (nSPS) is 28.2. The molecule has 5 nitrogen and oxygen atoms in total. The molecule has 0 aromatic carbocycles. The van der Waals surface area contributed by atoms with E-state index in [4.69, 9.17) is 10.2 Å². The Morgan fingerprint density at radius 1 is 1.58 bits per heavy atom. The third-order valence-electron chi connectivity index (χ3n) is 1.48. The van der Waals surface area contributed by atoms with Crippen LogP contribution in [0.1, 0.15) is 6.92 Å². The Kier molecular flexibility index (Phi) is 2.10. The molecule has 1 atom stereocenters. The van der Waals surface area contributed by atoms with Crippen LogP contribution in [0.3, 0.4) is 0 Å². The van der Waals surface area contributed by atoms with Gasteiger partial charge in [0.05, 0.1) is 0 Å². The SMILES string of the molecule is CC1(C(=O)O)CSC(C(=O)O)=N1. The van der Waals surface area contributed by atoms with Crippen LogP contribution in [0, 0.1) is 0 Å². The Balaban J connectivity index is 2.89. The fourth-order valence-corrected chi connectivity index (χ4v) is 1.71. The van der Waals surface area contributed by atoms with Crippen molar-refractivity contribution in [2.45, 2.75) is 12.5 Å². The smallest absolute Gasteiger partial charge is 0.360 e. The second kappa shape index (κ2) is 2.78. The molecule has 0 aromatic heterocycles. The summed E-state index contributed by atoms with van der Waals surface area (Å²) in [7, 11) is 0. The number of aliphatic imine (C=N–C) groups is 1. The first-order chi connectivity index (χ1) is 5.46. The van der Waals surface area contributed by atoms with Gasteiger partial charge in [-0.05, 0) is 6.92 Å². The summed E-state index contributed by atoms with van der Waals surface area (Å²) in [6, 6.07) is 0. The van der Waals surface area contributed by atoms with Gasteiger partial charge in [0.15, 0.2) is 10.6 Å². The van der Waals surface area contributed by atoms with Crippen molar-refractivity contribution in [1.29, 1.82) is 0 Å². The molecule has 0 fully saturated rings. The Labute approximate surface area is 72.5 Å². The van der Waals surface area contributed by atoms with Gasteiger partial charge in [-0.1, -0.05) is 11.8 Å². The van der Waals surface area contributed by atoms with Crippen molar-refractivity contribution >= 4 is 28.7 Å². The van der Waals surface area contributed by atoms with E-state index in [1.807, 2.05) is 0 Å². The van der Waals surface area contributed by atoms with Gasteiger partial charge in [0.2, 0.25) is 0 Å². The molecule has 1 heterocycles. The first-order valence-corrected chi connectivity index (χ1v) is 4.13. The highest BCUT2D eigenvalue weighted by atomic mass is 32.2. The second-order valence-electron chi connectivity index (χ2n) is 2.59. The maximum Gasteiger partial charge on any atom is 0.360 e. The van der Waals surface area contributed by atoms with Crippen LogP contribution in [-0.2, 0) is 9.59 Å². The molecule has 0 spiro atoms. The summed E-state index contributed by atoms with van der Waals surface area (Å²) < 4.78 is 0. The molecule has 12 heavy (non-hydrogen) atoms. The molecule has 0 saturated carbocycles. The van der Waals surface area contributed by atoms with E-state index < -0.39 is 17.5 Å². The van der Waals surface area contributed by atoms with Crippen LogP contribution in [0.15, 0.2) is 4.99 Å². The second-order valence-corrected chi connectivity index (χ2v) is 3.55. The van der Waals surface area contributed by atoms with Crippen molar-refractivity contribution in [3.63, 3.8) is 0 Å². The number of nitrogens with zero attached hydrogens (tertiary/aromatic N) is 1. The van der Waals surface area contributed by atoms with Gasteiger partial charge in [-0.3, -0.25) is 4.99 Å². The largest absolute Gasteiger partial charge is 0.479 e. The highest BCUT2D eigenvalue weighted by Gasteiger charge is 2.39. The van der Waals surface area contributed by atoms with E-state index in [1.54, 1.807) is 0 Å². The van der Waals surface area contributed by atoms with Gasteiger partial charge in [-0.2, -0.15) is 0 Å². The van der Waals surface area contributed by atoms with Crippen LogP contribution in [0.25, 0.3) is 0 Å². The lowest BCUT2D eigenvalue weighted by molar-refractivity contribution is -0.141. The fraction of sp³-hybridized carbons (Fsp3) is 0.500. The minimum absolute atomic E-state index is 0.125. The van der Waals surface area contributed by atoms with Crippen LogP contribution in [0.4, 0.5) is 0 Å². The van der Waals surface area contributed by atoms with Crippen LogP contribution < -0.4 is 0 Å². The predicted octanol–water partition coefficient (Wildman–Crippen LogP) is 0.0596. The summed E-state index contributed by atoms with van der Waals surface area (Å²) in [5.74, 6) is -2.07. The molecule has 0 aliphatic carbocycles. The van der Waals surface area contributed by atoms with Crippen molar-refractivity contribution in [2.24, 2.45) is 4.99 Å². The average Bonchev–Trinajstić information content (AvgIpc) is 2.33. The summed E-state index contributed by atoms with van der Waals surface area (Å²) in [4.78, 5) is 24.5. The van der Waals surface area contributed by atoms with Gasteiger partial charge >= 0.3 is 11.9 Å². The predicted molar refractivity (Wildman–Crippen MR) is 43.6 cm³/mol. The zero-order valence-electron chi connectivity index (χ0n) is 6.27. The summed E-state index contributed by atoms with van der Waals surface area (Å²) in [5.41, 5.74) is -1.27. The standard InChI is InChI=1S/C6H7NO4S/c1-6(5(10)11)2-12-3(7-6)4(8)9/h2H2,1H3,(H,8,9)(H,10,11). The van der Waals surface area contributed by atoms with Crippen LogP contribution in [0.2, 0.25) is 0 Å². The highest BCUT2D eigenvalue weighted by Crippen LogP contribution is 2.27. The molecule has 0 aromatic rings. The van der Waals surface area contributed by atoms with Crippen molar-refractivity contribution in [3.8, 4) is 0 Å². The number of thioether (sulfide) groups is 1. The van der Waals surface area contributed by atoms with Crippen LogP contribution in [0.5, 0.6) is 0 Å². The molecule has 1 unspecified atom stereocenters. The molecule has 6 heteroatoms. The lowest BCUT2D eigenvalue weighted by Gasteiger charge is -2.11. The average molecular weight is 189 g/mol. The number of carbonyl (C=O) groups is 2. The highest BCUT2D eigenvalue weighted by molar-refractivity contribution is 8.16. The molecule has 0 saturated heterocycles. The van der Waals surface area contributed by atoms with E-state index >= 15 is 0 Å². The van der Waals surface area contributed by atoms with Crippen molar-refractivity contribution in [2.75, 3.05) is 5.75 Å². The summed E-state index contributed by atoms with van der Waals surface area (Å²) in [6.45, 7) is 1.40. The molecule has 2 N–H and O–H groups in total. The topological polar surface area (TPSA) is 87.0 Å². The molecular formula is C6H7NO4S. The summed E-state index contributed by atoms with van der Waals surface area (Å²) >= 11 is 0.955. The van der Waals surface area contributed by atoms with Gasteiger partial charge in [0, 0.05) is 5.75 Å². The number of rotatable bonds is 2. The van der Waals surface area contributed by atoms with E-state index in [-0.39, 0.29) is 10.8 Å². The van der Waals surface area contributed by atoms with E-state index in [9.17, 15) is 9.59 Å². The van der Waals surface area contributed by atoms with Gasteiger partial charge in [0.25, 0.3) is 0 Å². The summed E-state index contributed by atoms with van der Waals surface area (Å²) in [6.07, 6.45) is 0. The lowest BCUT2D eigenvalue weighted by atomic mass is 10.1. The maximum absolute atomic E-state index is 10.6. The van der Waals surface area contributed by atoms with Gasteiger partial charge in [0.1, 0.15) is 0 Å². The minimum atomic E-state index is -1.27. The fourth-order valence-electron chi connectivity index (χ4n) is 0.717. The number of hydrogen-bond acceptors (Lipinski definition) is 4. The van der Waals surface area contributed by atoms with E-state index in [2.05, 4.69) is 4.99 Å². The van der Waals surface area contributed by atoms with Gasteiger partial charge in [-0.15, -0.1) is 0 Å². The molecule has 1 aliphatic heterocycles. The van der Waals surface area contributed by atoms with Crippen molar-refractivity contribution < 1.29 is 19.8 Å². The Hall–Kier alpha value is -1.04. The molecule has 0 radical (unpaired) electrons. The molecule has 1 aliphatic rings. The third kappa shape index (κ3) is 1.42. The van der Waals surface area contributed by atoms with E-state index in [1.165, 1.54) is 6.92 Å². The number of hydrogen-bond donors (Lipinski definition) is 2. The number of aliphatic carboxylic acids is 2. The maximum atomic E-state index is 10.6.